The fourth-order valence-electron chi connectivity index (χ4n) is 3.42. The summed E-state index contributed by atoms with van der Waals surface area (Å²) >= 11 is 1.66. The largest absolute Gasteiger partial charge is 0.458 e. The van der Waals surface area contributed by atoms with Crippen molar-refractivity contribution in [1.29, 1.82) is 0 Å². The van der Waals surface area contributed by atoms with Gasteiger partial charge in [-0.05, 0) is 31.5 Å². The number of benzene rings is 2. The molecule has 0 aromatic heterocycles. The van der Waals surface area contributed by atoms with Gasteiger partial charge in [-0.25, -0.2) is 0 Å². The molecule has 4 atom stereocenters. The fraction of sp³-hybridized carbons (Fsp3) is 0.409. The van der Waals surface area contributed by atoms with Crippen LogP contribution in [0.3, 0.4) is 0 Å². The Balaban J connectivity index is 1.70. The maximum Gasteiger partial charge on any atom is 0.303 e. The Bertz CT molecular complexity index is 758. The van der Waals surface area contributed by atoms with Crippen LogP contribution in [0.4, 0.5) is 0 Å². The van der Waals surface area contributed by atoms with Crippen LogP contribution in [0.25, 0.3) is 0 Å². The predicted octanol–water partition coefficient (Wildman–Crippen LogP) is 4.33. The standard InChI is InChI=1S/C22H27NO4S/c1-16-21(27-17(2)24)22(3,23-25-15-18-10-6-4-7-11-18)14-20(26-16)28-19-12-8-5-9-13-19/h4-13,16,20-21,23H,14-15H2,1-3H3/t16-,20-,21-,22+/m0/s1. The van der Waals surface area contributed by atoms with Gasteiger partial charge in [0.2, 0.25) is 0 Å². The van der Waals surface area contributed by atoms with Crippen molar-refractivity contribution < 1.29 is 19.1 Å². The number of rotatable bonds is 7. The SMILES string of the molecule is CC(=O)O[C@H]1[C@H](C)O[C@@H](Sc2ccccc2)C[C@@]1(C)NOCc1ccccc1. The number of ether oxygens (including phenoxy) is 2. The van der Waals surface area contributed by atoms with Gasteiger partial charge in [0.25, 0.3) is 0 Å². The van der Waals surface area contributed by atoms with E-state index in [0.717, 1.165) is 10.5 Å². The first-order valence-electron chi connectivity index (χ1n) is 9.43. The van der Waals surface area contributed by atoms with Gasteiger partial charge in [0.1, 0.15) is 11.5 Å². The minimum atomic E-state index is -0.579. The van der Waals surface area contributed by atoms with Crippen LogP contribution in [-0.2, 0) is 25.7 Å². The van der Waals surface area contributed by atoms with E-state index in [4.69, 9.17) is 14.3 Å². The van der Waals surface area contributed by atoms with Gasteiger partial charge in [-0.3, -0.25) is 9.63 Å². The molecule has 2 aromatic carbocycles. The molecule has 1 N–H and O–H groups in total. The number of hydrogen-bond acceptors (Lipinski definition) is 6. The third-order valence-electron chi connectivity index (χ3n) is 4.70. The molecule has 3 rings (SSSR count). The number of carbonyl (C=O) groups is 1. The van der Waals surface area contributed by atoms with Crippen LogP contribution in [-0.4, -0.2) is 29.2 Å². The minimum absolute atomic E-state index is 0.0815. The lowest BCUT2D eigenvalue weighted by atomic mass is 9.86. The highest BCUT2D eigenvalue weighted by Crippen LogP contribution is 2.38. The summed E-state index contributed by atoms with van der Waals surface area (Å²) in [7, 11) is 0. The van der Waals surface area contributed by atoms with Crippen molar-refractivity contribution in [1.82, 2.24) is 5.48 Å². The van der Waals surface area contributed by atoms with E-state index in [1.54, 1.807) is 11.8 Å². The van der Waals surface area contributed by atoms with E-state index in [0.29, 0.717) is 13.0 Å². The van der Waals surface area contributed by atoms with Gasteiger partial charge in [-0.1, -0.05) is 60.3 Å². The molecule has 0 bridgehead atoms. The van der Waals surface area contributed by atoms with Crippen molar-refractivity contribution in [2.75, 3.05) is 0 Å². The Labute approximate surface area is 170 Å². The van der Waals surface area contributed by atoms with E-state index < -0.39 is 11.6 Å². The molecule has 2 aromatic rings. The average molecular weight is 402 g/mol. The van der Waals surface area contributed by atoms with Crippen molar-refractivity contribution in [3.63, 3.8) is 0 Å². The molecule has 0 radical (unpaired) electrons. The molecule has 0 amide bonds. The number of hydrogen-bond donors (Lipinski definition) is 1. The lowest BCUT2D eigenvalue weighted by Crippen LogP contribution is -2.62. The zero-order chi connectivity index (χ0) is 20.0. The number of carbonyl (C=O) groups excluding carboxylic acids is 1. The minimum Gasteiger partial charge on any atom is -0.458 e. The monoisotopic (exact) mass is 401 g/mol. The maximum absolute atomic E-state index is 11.7. The van der Waals surface area contributed by atoms with Gasteiger partial charge in [0.15, 0.2) is 0 Å². The Morgan fingerprint density at radius 3 is 2.46 bits per heavy atom. The van der Waals surface area contributed by atoms with E-state index in [1.165, 1.54) is 6.92 Å². The zero-order valence-electron chi connectivity index (χ0n) is 16.5. The number of thioether (sulfide) groups is 1. The first-order chi connectivity index (χ1) is 13.5. The van der Waals surface area contributed by atoms with Crippen LogP contribution < -0.4 is 5.48 Å². The molecule has 1 aliphatic heterocycles. The molecule has 0 unspecified atom stereocenters. The summed E-state index contributed by atoms with van der Waals surface area (Å²) in [6, 6.07) is 20.1. The molecular formula is C22H27NO4S. The van der Waals surface area contributed by atoms with E-state index in [2.05, 4.69) is 17.6 Å². The van der Waals surface area contributed by atoms with Crippen LogP contribution in [0.15, 0.2) is 65.6 Å². The van der Waals surface area contributed by atoms with Crippen LogP contribution in [0.2, 0.25) is 0 Å². The van der Waals surface area contributed by atoms with Crippen molar-refractivity contribution >= 4 is 17.7 Å². The third-order valence-corrected chi connectivity index (χ3v) is 5.79. The van der Waals surface area contributed by atoms with Crippen LogP contribution >= 0.6 is 11.8 Å². The molecule has 150 valence electrons. The Hall–Kier alpha value is -1.86. The molecule has 0 saturated carbocycles. The second-order valence-electron chi connectivity index (χ2n) is 7.23. The van der Waals surface area contributed by atoms with Crippen molar-refractivity contribution in [3.05, 3.63) is 66.2 Å². The number of nitrogens with one attached hydrogen (secondary N) is 1. The highest BCUT2D eigenvalue weighted by molar-refractivity contribution is 7.99. The summed E-state index contributed by atoms with van der Waals surface area (Å²) in [6.07, 6.45) is -0.0889. The van der Waals surface area contributed by atoms with Crippen LogP contribution in [0.1, 0.15) is 32.8 Å². The van der Waals surface area contributed by atoms with Gasteiger partial charge in [0, 0.05) is 18.2 Å². The van der Waals surface area contributed by atoms with E-state index >= 15 is 0 Å². The molecule has 28 heavy (non-hydrogen) atoms. The van der Waals surface area contributed by atoms with E-state index in [-0.39, 0.29) is 17.5 Å². The molecule has 1 saturated heterocycles. The Kier molecular flexibility index (Phi) is 7.13. The lowest BCUT2D eigenvalue weighted by Gasteiger charge is -2.46. The fourth-order valence-corrected chi connectivity index (χ4v) is 4.70. The second-order valence-corrected chi connectivity index (χ2v) is 8.46. The van der Waals surface area contributed by atoms with Crippen LogP contribution in [0.5, 0.6) is 0 Å². The first-order valence-corrected chi connectivity index (χ1v) is 10.3. The lowest BCUT2D eigenvalue weighted by molar-refractivity contribution is -0.194. The number of esters is 1. The van der Waals surface area contributed by atoms with Crippen molar-refractivity contribution in [2.24, 2.45) is 0 Å². The van der Waals surface area contributed by atoms with Gasteiger partial charge >= 0.3 is 5.97 Å². The summed E-state index contributed by atoms with van der Waals surface area (Å²) in [5, 5.41) is 0. The van der Waals surface area contributed by atoms with Crippen LogP contribution in [0, 0.1) is 0 Å². The highest BCUT2D eigenvalue weighted by Gasteiger charge is 2.48. The molecule has 0 aliphatic carbocycles. The maximum atomic E-state index is 11.7. The van der Waals surface area contributed by atoms with E-state index in [1.807, 2.05) is 62.4 Å². The zero-order valence-corrected chi connectivity index (χ0v) is 17.3. The van der Waals surface area contributed by atoms with Gasteiger partial charge in [-0.15, -0.1) is 0 Å². The number of hydroxylamine groups is 1. The van der Waals surface area contributed by atoms with Gasteiger partial charge < -0.3 is 9.47 Å². The second kappa shape index (κ2) is 9.56. The summed E-state index contributed by atoms with van der Waals surface area (Å²) in [5.74, 6) is -0.328. The molecule has 1 heterocycles. The van der Waals surface area contributed by atoms with Crippen molar-refractivity contribution in [3.8, 4) is 0 Å². The summed E-state index contributed by atoms with van der Waals surface area (Å²) < 4.78 is 11.8. The highest BCUT2D eigenvalue weighted by atomic mass is 32.2. The Morgan fingerprint density at radius 2 is 1.82 bits per heavy atom. The quantitative estimate of drug-likeness (QED) is 0.551. The molecule has 0 spiro atoms. The third kappa shape index (κ3) is 5.58. The molecule has 1 aliphatic rings. The summed E-state index contributed by atoms with van der Waals surface area (Å²) in [6.45, 7) is 5.79. The first kappa shape index (κ1) is 20.9. The predicted molar refractivity (Wildman–Crippen MR) is 110 cm³/mol. The smallest absolute Gasteiger partial charge is 0.303 e. The topological polar surface area (TPSA) is 56.8 Å². The van der Waals surface area contributed by atoms with Crippen molar-refractivity contribution in [2.45, 2.75) is 61.9 Å². The normalized spacial score (nSPS) is 27.3. The molecule has 5 nitrogen and oxygen atoms in total. The molecule has 1 fully saturated rings. The summed E-state index contributed by atoms with van der Waals surface area (Å²) in [4.78, 5) is 18.6. The molecular weight excluding hydrogens is 374 g/mol. The molecule has 6 heteroatoms. The van der Waals surface area contributed by atoms with E-state index in [9.17, 15) is 4.79 Å². The van der Waals surface area contributed by atoms with Gasteiger partial charge in [-0.2, -0.15) is 5.48 Å². The van der Waals surface area contributed by atoms with Gasteiger partial charge in [0.05, 0.1) is 18.2 Å². The Morgan fingerprint density at radius 1 is 1.18 bits per heavy atom. The summed E-state index contributed by atoms with van der Waals surface area (Å²) in [5.41, 5.74) is 3.58. The average Bonchev–Trinajstić information content (AvgIpc) is 2.66.